The summed E-state index contributed by atoms with van der Waals surface area (Å²) in [5, 5.41) is 13.0. The number of carbonyl (C=O) groups excluding carboxylic acids is 1. The Labute approximate surface area is 78.5 Å². The normalized spacial score (nSPS) is 34.5. The standard InChI is InChI=1S/C9H18N2O2/c1-7(12)9(13)4-2-3-8(5-9)11-6-10/h8,11,13H,2-6,10H2,1H3. The van der Waals surface area contributed by atoms with Crippen molar-refractivity contribution in [2.24, 2.45) is 5.73 Å². The van der Waals surface area contributed by atoms with Crippen LogP contribution < -0.4 is 11.1 Å². The van der Waals surface area contributed by atoms with Crippen LogP contribution in [0.4, 0.5) is 0 Å². The van der Waals surface area contributed by atoms with Crippen molar-refractivity contribution in [2.45, 2.75) is 44.2 Å². The summed E-state index contributed by atoms with van der Waals surface area (Å²) in [7, 11) is 0. The Balaban J connectivity index is 2.54. The van der Waals surface area contributed by atoms with Gasteiger partial charge in [-0.25, -0.2) is 0 Å². The molecule has 0 aromatic heterocycles. The lowest BCUT2D eigenvalue weighted by Crippen LogP contribution is -2.48. The fraction of sp³-hybridized carbons (Fsp3) is 0.889. The van der Waals surface area contributed by atoms with Crippen molar-refractivity contribution in [3.05, 3.63) is 0 Å². The smallest absolute Gasteiger partial charge is 0.161 e. The highest BCUT2D eigenvalue weighted by Crippen LogP contribution is 2.28. The first-order valence-electron chi connectivity index (χ1n) is 4.75. The van der Waals surface area contributed by atoms with Crippen LogP contribution in [0.15, 0.2) is 0 Å². The number of hydrogen-bond acceptors (Lipinski definition) is 4. The Morgan fingerprint density at radius 3 is 3.00 bits per heavy atom. The molecule has 0 heterocycles. The Kier molecular flexibility index (Phi) is 3.41. The topological polar surface area (TPSA) is 75.3 Å². The van der Waals surface area contributed by atoms with E-state index in [0.29, 0.717) is 19.5 Å². The average molecular weight is 186 g/mol. The molecule has 1 fully saturated rings. The van der Waals surface area contributed by atoms with Crippen LogP contribution in [0.3, 0.4) is 0 Å². The Morgan fingerprint density at radius 2 is 2.46 bits per heavy atom. The molecule has 0 aromatic carbocycles. The SMILES string of the molecule is CC(=O)C1(O)CCCC(NCN)C1. The van der Waals surface area contributed by atoms with Crippen molar-refractivity contribution in [3.8, 4) is 0 Å². The fourth-order valence-corrected chi connectivity index (χ4v) is 1.91. The number of nitrogens with two attached hydrogens (primary N) is 1. The molecule has 13 heavy (non-hydrogen) atoms. The van der Waals surface area contributed by atoms with Crippen LogP contribution in [-0.2, 0) is 4.79 Å². The second kappa shape index (κ2) is 4.17. The molecule has 0 radical (unpaired) electrons. The molecule has 4 N–H and O–H groups in total. The molecular formula is C9H18N2O2. The van der Waals surface area contributed by atoms with E-state index in [0.717, 1.165) is 12.8 Å². The second-order valence-electron chi connectivity index (χ2n) is 3.79. The maximum absolute atomic E-state index is 11.2. The van der Waals surface area contributed by atoms with Gasteiger partial charge in [-0.1, -0.05) is 0 Å². The predicted octanol–water partition coefficient (Wildman–Crippen LogP) is -0.245. The minimum absolute atomic E-state index is 0.129. The summed E-state index contributed by atoms with van der Waals surface area (Å²) in [5.41, 5.74) is 4.24. The van der Waals surface area contributed by atoms with Crippen LogP contribution in [0.5, 0.6) is 0 Å². The number of carbonyl (C=O) groups is 1. The molecule has 1 aliphatic rings. The van der Waals surface area contributed by atoms with E-state index < -0.39 is 5.60 Å². The summed E-state index contributed by atoms with van der Waals surface area (Å²) in [6.45, 7) is 1.85. The molecule has 0 amide bonds. The van der Waals surface area contributed by atoms with Crippen molar-refractivity contribution in [3.63, 3.8) is 0 Å². The summed E-state index contributed by atoms with van der Waals surface area (Å²) in [6.07, 6.45) is 2.96. The van der Waals surface area contributed by atoms with Gasteiger partial charge in [-0.05, 0) is 32.6 Å². The molecule has 76 valence electrons. The fourth-order valence-electron chi connectivity index (χ4n) is 1.91. The lowest BCUT2D eigenvalue weighted by molar-refractivity contribution is -0.139. The van der Waals surface area contributed by atoms with E-state index in [4.69, 9.17) is 5.73 Å². The van der Waals surface area contributed by atoms with Crippen LogP contribution >= 0.6 is 0 Å². The highest BCUT2D eigenvalue weighted by atomic mass is 16.3. The van der Waals surface area contributed by atoms with E-state index in [9.17, 15) is 9.90 Å². The Bertz CT molecular complexity index is 194. The van der Waals surface area contributed by atoms with E-state index in [-0.39, 0.29) is 11.8 Å². The van der Waals surface area contributed by atoms with Gasteiger partial charge in [0.05, 0.1) is 0 Å². The van der Waals surface area contributed by atoms with Crippen molar-refractivity contribution >= 4 is 5.78 Å². The first-order chi connectivity index (χ1) is 6.08. The number of nitrogens with one attached hydrogen (secondary N) is 1. The number of Topliss-reactive ketones (excluding diaryl/α,β-unsaturated/α-hetero) is 1. The van der Waals surface area contributed by atoms with Gasteiger partial charge in [0.15, 0.2) is 5.78 Å². The van der Waals surface area contributed by atoms with Crippen molar-refractivity contribution in [1.29, 1.82) is 0 Å². The van der Waals surface area contributed by atoms with Crippen molar-refractivity contribution < 1.29 is 9.90 Å². The Morgan fingerprint density at radius 1 is 1.77 bits per heavy atom. The largest absolute Gasteiger partial charge is 0.382 e. The molecule has 1 saturated carbocycles. The van der Waals surface area contributed by atoms with Gasteiger partial charge in [-0.15, -0.1) is 0 Å². The molecule has 0 aromatic rings. The molecule has 2 atom stereocenters. The summed E-state index contributed by atoms with van der Waals surface area (Å²) in [4.78, 5) is 11.2. The zero-order valence-corrected chi connectivity index (χ0v) is 8.05. The third-order valence-electron chi connectivity index (χ3n) is 2.79. The first kappa shape index (κ1) is 10.6. The van der Waals surface area contributed by atoms with Gasteiger partial charge in [-0.2, -0.15) is 0 Å². The molecule has 1 aliphatic carbocycles. The Hall–Kier alpha value is -0.450. The van der Waals surface area contributed by atoms with Gasteiger partial charge in [-0.3, -0.25) is 4.79 Å². The van der Waals surface area contributed by atoms with E-state index in [1.54, 1.807) is 0 Å². The van der Waals surface area contributed by atoms with Gasteiger partial charge in [0.25, 0.3) is 0 Å². The van der Waals surface area contributed by atoms with E-state index in [2.05, 4.69) is 5.32 Å². The molecule has 0 aliphatic heterocycles. The van der Waals surface area contributed by atoms with Crippen LogP contribution in [0.25, 0.3) is 0 Å². The summed E-state index contributed by atoms with van der Waals surface area (Å²) < 4.78 is 0. The minimum atomic E-state index is -1.11. The second-order valence-corrected chi connectivity index (χ2v) is 3.79. The van der Waals surface area contributed by atoms with Crippen LogP contribution in [-0.4, -0.2) is 29.2 Å². The molecule has 4 nitrogen and oxygen atoms in total. The monoisotopic (exact) mass is 186 g/mol. The summed E-state index contributed by atoms with van der Waals surface area (Å²) in [5.74, 6) is -0.129. The third-order valence-corrected chi connectivity index (χ3v) is 2.79. The molecule has 1 rings (SSSR count). The van der Waals surface area contributed by atoms with E-state index >= 15 is 0 Å². The number of aliphatic hydroxyl groups is 1. The van der Waals surface area contributed by atoms with Crippen LogP contribution in [0, 0.1) is 0 Å². The van der Waals surface area contributed by atoms with Gasteiger partial charge >= 0.3 is 0 Å². The first-order valence-corrected chi connectivity index (χ1v) is 4.75. The zero-order chi connectivity index (χ0) is 9.90. The average Bonchev–Trinajstić information content (AvgIpc) is 2.04. The van der Waals surface area contributed by atoms with Gasteiger partial charge in [0, 0.05) is 12.7 Å². The highest BCUT2D eigenvalue weighted by molar-refractivity contribution is 5.84. The molecule has 0 bridgehead atoms. The number of ketones is 1. The zero-order valence-electron chi connectivity index (χ0n) is 8.05. The number of rotatable bonds is 3. The van der Waals surface area contributed by atoms with Crippen LogP contribution in [0.1, 0.15) is 32.6 Å². The minimum Gasteiger partial charge on any atom is -0.382 e. The molecular weight excluding hydrogens is 168 g/mol. The molecule has 0 saturated heterocycles. The van der Waals surface area contributed by atoms with Gasteiger partial charge in [0.1, 0.15) is 5.60 Å². The predicted molar refractivity (Wildman–Crippen MR) is 50.1 cm³/mol. The van der Waals surface area contributed by atoms with E-state index in [1.807, 2.05) is 0 Å². The maximum Gasteiger partial charge on any atom is 0.161 e. The lowest BCUT2D eigenvalue weighted by atomic mass is 9.79. The van der Waals surface area contributed by atoms with Gasteiger partial charge < -0.3 is 16.2 Å². The summed E-state index contributed by atoms with van der Waals surface area (Å²) >= 11 is 0. The summed E-state index contributed by atoms with van der Waals surface area (Å²) in [6, 6.07) is 0.188. The highest BCUT2D eigenvalue weighted by Gasteiger charge is 2.37. The third kappa shape index (κ3) is 2.49. The number of hydrogen-bond donors (Lipinski definition) is 3. The lowest BCUT2D eigenvalue weighted by Gasteiger charge is -2.35. The molecule has 0 spiro atoms. The van der Waals surface area contributed by atoms with Crippen molar-refractivity contribution in [1.82, 2.24) is 5.32 Å². The molecule has 4 heteroatoms. The van der Waals surface area contributed by atoms with Crippen LogP contribution in [0.2, 0.25) is 0 Å². The quantitative estimate of drug-likeness (QED) is 0.531. The molecule has 2 unspecified atom stereocenters. The van der Waals surface area contributed by atoms with E-state index in [1.165, 1.54) is 6.92 Å². The maximum atomic E-state index is 11.2. The van der Waals surface area contributed by atoms with Crippen molar-refractivity contribution in [2.75, 3.05) is 6.67 Å². The van der Waals surface area contributed by atoms with Gasteiger partial charge in [0.2, 0.25) is 0 Å².